The Balaban J connectivity index is 1.89. The molecule has 7 heteroatoms. The van der Waals surface area contributed by atoms with Gasteiger partial charge in [-0.05, 0) is 37.3 Å². The minimum Gasteiger partial charge on any atom is -0.369 e. The van der Waals surface area contributed by atoms with Crippen LogP contribution in [0.2, 0.25) is 0 Å². The van der Waals surface area contributed by atoms with E-state index in [0.29, 0.717) is 11.5 Å². The Labute approximate surface area is 139 Å². The highest BCUT2D eigenvalue weighted by atomic mass is 19.4. The quantitative estimate of drug-likeness (QED) is 0.502. The Bertz CT molecular complexity index is 612. The highest BCUT2D eigenvalue weighted by Gasteiger charge is 2.29. The normalized spacial score (nSPS) is 16.5. The predicted molar refractivity (Wildman–Crippen MR) is 90.9 cm³/mol. The van der Waals surface area contributed by atoms with E-state index in [4.69, 9.17) is 0 Å². The van der Waals surface area contributed by atoms with Crippen LogP contribution < -0.4 is 10.6 Å². The minimum absolute atomic E-state index is 0.554. The zero-order chi connectivity index (χ0) is 17.6. The molecule has 0 unspecified atom stereocenters. The molecule has 2 N–H and O–H groups in total. The number of rotatable bonds is 4. The summed E-state index contributed by atoms with van der Waals surface area (Å²) >= 11 is 0. The molecule has 1 aromatic rings. The summed E-state index contributed by atoms with van der Waals surface area (Å²) in [6.07, 6.45) is -0.866. The number of benzene rings is 1. The molecule has 0 bridgehead atoms. The third-order valence-electron chi connectivity index (χ3n) is 3.60. The number of halogens is 3. The second-order valence-electron chi connectivity index (χ2n) is 5.46. The van der Waals surface area contributed by atoms with E-state index in [1.54, 1.807) is 13.1 Å². The van der Waals surface area contributed by atoms with Crippen LogP contribution in [0, 0.1) is 0 Å². The van der Waals surface area contributed by atoms with E-state index in [1.807, 2.05) is 6.08 Å². The van der Waals surface area contributed by atoms with Crippen LogP contribution in [0.15, 0.2) is 53.8 Å². The van der Waals surface area contributed by atoms with E-state index in [-0.39, 0.29) is 0 Å². The monoisotopic (exact) mass is 338 g/mol. The van der Waals surface area contributed by atoms with Crippen LogP contribution in [0.1, 0.15) is 12.5 Å². The Kier molecular flexibility index (Phi) is 6.03. The SMILES string of the molecule is C=C(/C=C\N=C(/C)Nc1ccc(C(F)(F)F)cc1)N1CCNCC1. The first-order chi connectivity index (χ1) is 11.4. The van der Waals surface area contributed by atoms with Crippen molar-refractivity contribution in [1.29, 1.82) is 0 Å². The van der Waals surface area contributed by atoms with Gasteiger partial charge in [0.25, 0.3) is 0 Å². The molecule has 0 radical (unpaired) electrons. The molecule has 130 valence electrons. The molecule has 1 heterocycles. The van der Waals surface area contributed by atoms with Crippen molar-refractivity contribution in [2.45, 2.75) is 13.1 Å². The lowest BCUT2D eigenvalue weighted by Gasteiger charge is -2.29. The largest absolute Gasteiger partial charge is 0.416 e. The van der Waals surface area contributed by atoms with Gasteiger partial charge in [-0.2, -0.15) is 13.2 Å². The second kappa shape index (κ2) is 8.01. The van der Waals surface area contributed by atoms with Crippen molar-refractivity contribution >= 4 is 11.5 Å². The first kappa shape index (κ1) is 18.1. The standard InChI is InChI=1S/C17H21F3N4/c1-13(24-11-9-21-10-12-24)7-8-22-14(2)23-16-5-3-15(4-6-16)17(18,19)20/h3-8,21H,1,9-12H2,2H3,(H,22,23)/b8-7-. The van der Waals surface area contributed by atoms with Gasteiger partial charge in [0.05, 0.1) is 5.56 Å². The van der Waals surface area contributed by atoms with Crippen molar-refractivity contribution in [2.75, 3.05) is 31.5 Å². The third-order valence-corrected chi connectivity index (χ3v) is 3.60. The van der Waals surface area contributed by atoms with Gasteiger partial charge in [-0.15, -0.1) is 0 Å². The Morgan fingerprint density at radius 1 is 1.25 bits per heavy atom. The second-order valence-corrected chi connectivity index (χ2v) is 5.46. The first-order valence-electron chi connectivity index (χ1n) is 7.66. The highest BCUT2D eigenvalue weighted by Crippen LogP contribution is 2.29. The molecule has 0 atom stereocenters. The summed E-state index contributed by atoms with van der Waals surface area (Å²) in [5, 5.41) is 6.22. The summed E-state index contributed by atoms with van der Waals surface area (Å²) in [4.78, 5) is 6.39. The number of allylic oxidation sites excluding steroid dienone is 1. The number of piperazine rings is 1. The summed E-state index contributed by atoms with van der Waals surface area (Å²) in [5.74, 6) is 0.583. The maximum absolute atomic E-state index is 12.5. The number of amidine groups is 1. The van der Waals surface area contributed by atoms with Gasteiger partial charge in [-0.25, -0.2) is 4.99 Å². The number of hydrogen-bond acceptors (Lipinski definition) is 3. The number of anilines is 1. The van der Waals surface area contributed by atoms with Gasteiger partial charge >= 0.3 is 6.18 Å². The molecule has 2 rings (SSSR count). The summed E-state index contributed by atoms with van der Waals surface area (Å²) in [6, 6.07) is 4.84. The topological polar surface area (TPSA) is 39.7 Å². The Hall–Kier alpha value is -2.28. The Morgan fingerprint density at radius 2 is 1.88 bits per heavy atom. The molecule has 1 saturated heterocycles. The molecule has 1 aliphatic heterocycles. The van der Waals surface area contributed by atoms with Crippen LogP contribution in [-0.4, -0.2) is 36.9 Å². The van der Waals surface area contributed by atoms with Crippen molar-refractivity contribution < 1.29 is 13.2 Å². The van der Waals surface area contributed by atoms with E-state index in [2.05, 4.69) is 27.1 Å². The van der Waals surface area contributed by atoms with Gasteiger partial charge in [0, 0.05) is 43.8 Å². The van der Waals surface area contributed by atoms with Gasteiger partial charge in [0.1, 0.15) is 5.84 Å². The van der Waals surface area contributed by atoms with Crippen molar-refractivity contribution in [1.82, 2.24) is 10.2 Å². The molecule has 1 fully saturated rings. The van der Waals surface area contributed by atoms with Gasteiger partial charge in [0.15, 0.2) is 0 Å². The zero-order valence-corrected chi connectivity index (χ0v) is 13.5. The number of nitrogens with one attached hydrogen (secondary N) is 2. The lowest BCUT2D eigenvalue weighted by molar-refractivity contribution is -0.137. The number of nitrogens with zero attached hydrogens (tertiary/aromatic N) is 2. The third kappa shape index (κ3) is 5.42. The molecule has 0 saturated carbocycles. The van der Waals surface area contributed by atoms with Crippen molar-refractivity contribution in [3.8, 4) is 0 Å². The predicted octanol–water partition coefficient (Wildman–Crippen LogP) is 3.47. The number of alkyl halides is 3. The van der Waals surface area contributed by atoms with E-state index >= 15 is 0 Å². The number of hydrogen-bond donors (Lipinski definition) is 2. The maximum atomic E-state index is 12.5. The fraction of sp³-hybridized carbons (Fsp3) is 0.353. The van der Waals surface area contributed by atoms with E-state index in [1.165, 1.54) is 12.1 Å². The van der Waals surface area contributed by atoms with Crippen molar-refractivity contribution in [2.24, 2.45) is 4.99 Å². The van der Waals surface area contributed by atoms with Gasteiger partial charge in [-0.1, -0.05) is 6.58 Å². The molecule has 0 aromatic heterocycles. The lowest BCUT2D eigenvalue weighted by atomic mass is 10.2. The van der Waals surface area contributed by atoms with E-state index in [0.717, 1.165) is 44.0 Å². The van der Waals surface area contributed by atoms with Crippen LogP contribution in [0.4, 0.5) is 18.9 Å². The highest BCUT2D eigenvalue weighted by molar-refractivity contribution is 5.93. The molecule has 0 spiro atoms. The average Bonchev–Trinajstić information content (AvgIpc) is 2.55. The minimum atomic E-state index is -4.32. The average molecular weight is 338 g/mol. The van der Waals surface area contributed by atoms with Crippen LogP contribution >= 0.6 is 0 Å². The molecule has 4 nitrogen and oxygen atoms in total. The molecule has 1 aliphatic rings. The van der Waals surface area contributed by atoms with Gasteiger partial charge < -0.3 is 15.5 Å². The fourth-order valence-electron chi connectivity index (χ4n) is 2.28. The first-order valence-corrected chi connectivity index (χ1v) is 7.66. The lowest BCUT2D eigenvalue weighted by Crippen LogP contribution is -2.42. The smallest absolute Gasteiger partial charge is 0.369 e. The summed E-state index contributed by atoms with van der Waals surface area (Å²) < 4.78 is 37.5. The molecular weight excluding hydrogens is 317 g/mol. The van der Waals surface area contributed by atoms with Crippen LogP contribution in [-0.2, 0) is 6.18 Å². The van der Waals surface area contributed by atoms with Gasteiger partial charge in [0.2, 0.25) is 0 Å². The molecule has 0 amide bonds. The Morgan fingerprint density at radius 3 is 2.46 bits per heavy atom. The van der Waals surface area contributed by atoms with Gasteiger partial charge in [-0.3, -0.25) is 0 Å². The molecule has 1 aromatic carbocycles. The van der Waals surface area contributed by atoms with Crippen LogP contribution in [0.3, 0.4) is 0 Å². The van der Waals surface area contributed by atoms with E-state index < -0.39 is 11.7 Å². The molecule has 24 heavy (non-hydrogen) atoms. The summed E-state index contributed by atoms with van der Waals surface area (Å²) in [5.41, 5.74) is 0.774. The molecule has 0 aliphatic carbocycles. The summed E-state index contributed by atoms with van der Waals surface area (Å²) in [7, 11) is 0. The van der Waals surface area contributed by atoms with E-state index in [9.17, 15) is 13.2 Å². The van der Waals surface area contributed by atoms with Crippen LogP contribution in [0.25, 0.3) is 0 Å². The zero-order valence-electron chi connectivity index (χ0n) is 13.5. The summed E-state index contributed by atoms with van der Waals surface area (Å²) in [6.45, 7) is 9.45. The van der Waals surface area contributed by atoms with Crippen LogP contribution in [0.5, 0.6) is 0 Å². The number of aliphatic imine (C=N–C) groups is 1. The fourth-order valence-corrected chi connectivity index (χ4v) is 2.28. The van der Waals surface area contributed by atoms with Crippen molar-refractivity contribution in [3.05, 3.63) is 54.4 Å². The molecular formula is C17H21F3N4. The van der Waals surface area contributed by atoms with Crippen molar-refractivity contribution in [3.63, 3.8) is 0 Å². The maximum Gasteiger partial charge on any atom is 0.416 e.